The Labute approximate surface area is 169 Å². The first kappa shape index (κ1) is 19.2. The van der Waals surface area contributed by atoms with Crippen molar-refractivity contribution in [2.75, 3.05) is 18.1 Å². The normalized spacial score (nSPS) is 13.2. The van der Waals surface area contributed by atoms with E-state index in [9.17, 15) is 9.59 Å². The highest BCUT2D eigenvalue weighted by atomic mass is 16.5. The van der Waals surface area contributed by atoms with Gasteiger partial charge in [-0.2, -0.15) is 0 Å². The summed E-state index contributed by atoms with van der Waals surface area (Å²) >= 11 is 0. The zero-order valence-corrected chi connectivity index (χ0v) is 16.9. The summed E-state index contributed by atoms with van der Waals surface area (Å²) in [5, 5.41) is 0.560. The third-order valence-corrected chi connectivity index (χ3v) is 5.33. The number of fused-ring (bicyclic) bond motifs is 2. The highest BCUT2D eigenvalue weighted by Crippen LogP contribution is 2.29. The van der Waals surface area contributed by atoms with E-state index in [1.54, 1.807) is 27.7 Å². The second kappa shape index (κ2) is 8.07. The topological polar surface area (TPSA) is 64.4 Å². The summed E-state index contributed by atoms with van der Waals surface area (Å²) in [6, 6.07) is 12.7. The zero-order chi connectivity index (χ0) is 20.4. The Balaban J connectivity index is 1.75. The average Bonchev–Trinajstić information content (AvgIpc) is 2.75. The average molecular weight is 391 g/mol. The van der Waals surface area contributed by atoms with Gasteiger partial charge >= 0.3 is 0 Å². The summed E-state index contributed by atoms with van der Waals surface area (Å²) in [5.41, 5.74) is 1.82. The van der Waals surface area contributed by atoms with Crippen molar-refractivity contribution < 1.29 is 9.53 Å². The Bertz CT molecular complexity index is 1120. The number of ether oxygens (including phenoxy) is 1. The highest BCUT2D eigenvalue weighted by Gasteiger charge is 2.21. The van der Waals surface area contributed by atoms with Gasteiger partial charge in [0.1, 0.15) is 11.6 Å². The van der Waals surface area contributed by atoms with Crippen LogP contribution in [0.15, 0.2) is 47.3 Å². The molecule has 0 aliphatic carbocycles. The van der Waals surface area contributed by atoms with Crippen LogP contribution in [0.2, 0.25) is 0 Å². The van der Waals surface area contributed by atoms with Gasteiger partial charge in [-0.05, 0) is 57.0 Å². The molecule has 150 valence electrons. The lowest BCUT2D eigenvalue weighted by Crippen LogP contribution is -2.31. The van der Waals surface area contributed by atoms with Crippen molar-refractivity contribution in [3.63, 3.8) is 0 Å². The number of amides is 1. The van der Waals surface area contributed by atoms with Crippen LogP contribution in [0.4, 0.5) is 5.69 Å². The van der Waals surface area contributed by atoms with E-state index >= 15 is 0 Å². The molecule has 29 heavy (non-hydrogen) atoms. The molecule has 0 fully saturated rings. The van der Waals surface area contributed by atoms with Crippen molar-refractivity contribution in [1.29, 1.82) is 0 Å². The molecule has 4 rings (SSSR count). The summed E-state index contributed by atoms with van der Waals surface area (Å²) in [7, 11) is 0. The highest BCUT2D eigenvalue weighted by molar-refractivity contribution is 6.08. The number of aryl methyl sites for hydroxylation is 1. The van der Waals surface area contributed by atoms with Crippen LogP contribution in [-0.4, -0.2) is 28.6 Å². The van der Waals surface area contributed by atoms with Crippen LogP contribution < -0.4 is 15.2 Å². The lowest BCUT2D eigenvalue weighted by molar-refractivity contribution is 0.0987. The van der Waals surface area contributed by atoms with E-state index in [0.29, 0.717) is 35.4 Å². The molecule has 0 N–H and O–H groups in total. The molecular weight excluding hydrogens is 366 g/mol. The van der Waals surface area contributed by atoms with Crippen molar-refractivity contribution in [3.05, 3.63) is 64.2 Å². The molecule has 0 saturated heterocycles. The summed E-state index contributed by atoms with van der Waals surface area (Å²) in [6.45, 7) is 5.60. The number of aromatic nitrogens is 2. The number of rotatable bonds is 5. The Hall–Kier alpha value is -3.15. The third kappa shape index (κ3) is 3.50. The predicted octanol–water partition coefficient (Wildman–Crippen LogP) is 3.80. The van der Waals surface area contributed by atoms with Crippen LogP contribution in [-0.2, 0) is 13.0 Å². The Kier molecular flexibility index (Phi) is 5.34. The molecule has 1 aromatic heterocycles. The second-order valence-corrected chi connectivity index (χ2v) is 7.12. The van der Waals surface area contributed by atoms with Crippen LogP contribution in [0, 0.1) is 0 Å². The van der Waals surface area contributed by atoms with E-state index in [1.807, 2.05) is 38.1 Å². The van der Waals surface area contributed by atoms with Gasteiger partial charge in [0, 0.05) is 25.1 Å². The lowest BCUT2D eigenvalue weighted by Gasteiger charge is -2.24. The number of para-hydroxylation sites is 2. The minimum atomic E-state index is -0.138. The maximum Gasteiger partial charge on any atom is 0.261 e. The van der Waals surface area contributed by atoms with Gasteiger partial charge in [-0.3, -0.25) is 14.2 Å². The smallest absolute Gasteiger partial charge is 0.261 e. The van der Waals surface area contributed by atoms with Crippen LogP contribution in [0.5, 0.6) is 5.75 Å². The Morgan fingerprint density at radius 2 is 2.00 bits per heavy atom. The molecule has 0 unspecified atom stereocenters. The monoisotopic (exact) mass is 391 g/mol. The third-order valence-electron chi connectivity index (χ3n) is 5.33. The maximum atomic E-state index is 13.3. The van der Waals surface area contributed by atoms with Gasteiger partial charge in [-0.15, -0.1) is 0 Å². The quantitative estimate of drug-likeness (QED) is 0.664. The number of nitrogens with zero attached hydrogens (tertiary/aromatic N) is 3. The van der Waals surface area contributed by atoms with Gasteiger partial charge in [0.15, 0.2) is 0 Å². The zero-order valence-electron chi connectivity index (χ0n) is 16.9. The second-order valence-electron chi connectivity index (χ2n) is 7.12. The molecule has 2 heterocycles. The Morgan fingerprint density at radius 3 is 2.79 bits per heavy atom. The molecular formula is C23H25N3O3. The minimum absolute atomic E-state index is 0.0160. The Morgan fingerprint density at radius 1 is 1.17 bits per heavy atom. The van der Waals surface area contributed by atoms with Crippen LogP contribution in [0.25, 0.3) is 10.9 Å². The lowest BCUT2D eigenvalue weighted by atomic mass is 10.1. The summed E-state index contributed by atoms with van der Waals surface area (Å²) in [6.07, 6.45) is 2.84. The molecule has 1 aliphatic heterocycles. The molecule has 6 nitrogen and oxygen atoms in total. The molecule has 0 saturated carbocycles. The molecule has 1 aliphatic rings. The van der Waals surface area contributed by atoms with E-state index in [0.717, 1.165) is 37.3 Å². The molecule has 0 atom stereocenters. The van der Waals surface area contributed by atoms with E-state index < -0.39 is 0 Å². The molecule has 0 spiro atoms. The van der Waals surface area contributed by atoms with Crippen LogP contribution >= 0.6 is 0 Å². The maximum absolute atomic E-state index is 13.3. The largest absolute Gasteiger partial charge is 0.492 e. The number of benzene rings is 2. The van der Waals surface area contributed by atoms with Gasteiger partial charge in [-0.1, -0.05) is 12.1 Å². The SMILES string of the molecule is CCOc1ccccc1N(CC)C(=O)c1ccc2c(=O)n3c(nc2c1)CCCC3. The van der Waals surface area contributed by atoms with E-state index in [2.05, 4.69) is 0 Å². The van der Waals surface area contributed by atoms with Gasteiger partial charge < -0.3 is 9.64 Å². The first-order chi connectivity index (χ1) is 14.1. The van der Waals surface area contributed by atoms with Crippen molar-refractivity contribution >= 4 is 22.5 Å². The van der Waals surface area contributed by atoms with E-state index in [1.165, 1.54) is 0 Å². The number of hydrogen-bond donors (Lipinski definition) is 0. The fourth-order valence-electron chi connectivity index (χ4n) is 3.91. The molecule has 3 aromatic rings. The van der Waals surface area contributed by atoms with Gasteiger partial charge in [-0.25, -0.2) is 4.98 Å². The van der Waals surface area contributed by atoms with Gasteiger partial charge in [0.25, 0.3) is 11.5 Å². The van der Waals surface area contributed by atoms with Crippen molar-refractivity contribution in [3.8, 4) is 5.75 Å². The summed E-state index contributed by atoms with van der Waals surface area (Å²) in [4.78, 5) is 32.5. The summed E-state index contributed by atoms with van der Waals surface area (Å²) < 4.78 is 7.47. The van der Waals surface area contributed by atoms with Crippen molar-refractivity contribution in [2.45, 2.75) is 39.7 Å². The number of anilines is 1. The minimum Gasteiger partial charge on any atom is -0.492 e. The molecule has 1 amide bonds. The van der Waals surface area contributed by atoms with Gasteiger partial charge in [0.2, 0.25) is 0 Å². The molecule has 0 bridgehead atoms. The van der Waals surface area contributed by atoms with Crippen LogP contribution in [0.1, 0.15) is 42.9 Å². The number of carbonyl (C=O) groups is 1. The molecule has 6 heteroatoms. The van der Waals surface area contributed by atoms with Gasteiger partial charge in [0.05, 0.1) is 23.2 Å². The van der Waals surface area contributed by atoms with Crippen molar-refractivity contribution in [2.24, 2.45) is 0 Å². The van der Waals surface area contributed by atoms with Crippen LogP contribution in [0.3, 0.4) is 0 Å². The first-order valence-electron chi connectivity index (χ1n) is 10.2. The number of carbonyl (C=O) groups excluding carboxylic acids is 1. The fourth-order valence-corrected chi connectivity index (χ4v) is 3.91. The molecule has 2 aromatic carbocycles. The molecule has 0 radical (unpaired) electrons. The summed E-state index contributed by atoms with van der Waals surface area (Å²) in [5.74, 6) is 1.35. The predicted molar refractivity (Wildman–Crippen MR) is 114 cm³/mol. The first-order valence-corrected chi connectivity index (χ1v) is 10.2. The van der Waals surface area contributed by atoms with Crippen molar-refractivity contribution in [1.82, 2.24) is 9.55 Å². The fraction of sp³-hybridized carbons (Fsp3) is 0.348. The van der Waals surface area contributed by atoms with E-state index in [-0.39, 0.29) is 11.5 Å². The standard InChI is InChI=1S/C23H25N3O3/c1-3-25(19-9-5-6-10-20(19)29-4-2)22(27)16-12-13-17-18(15-16)24-21-11-7-8-14-26(21)23(17)28/h5-6,9-10,12-13,15H,3-4,7-8,11,14H2,1-2H3. The number of hydrogen-bond acceptors (Lipinski definition) is 4. The van der Waals surface area contributed by atoms with E-state index in [4.69, 9.17) is 9.72 Å².